The molecule has 1 N–H and O–H groups in total. The lowest BCUT2D eigenvalue weighted by atomic mass is 10.4. The number of hydrogen-bond donors (Lipinski definition) is 1. The van der Waals surface area contributed by atoms with E-state index in [0.29, 0.717) is 26.3 Å². The first kappa shape index (κ1) is 4.66. The third-order valence-electron chi connectivity index (χ3n) is 1.40. The van der Waals surface area contributed by atoms with Crippen molar-refractivity contribution in [3.8, 4) is 0 Å². The minimum absolute atomic E-state index is 0.0797. The van der Waals surface area contributed by atoms with Crippen LogP contribution in [0.5, 0.6) is 0 Å². The van der Waals surface area contributed by atoms with E-state index < -0.39 is 6.56 Å². The van der Waals surface area contributed by atoms with Crippen LogP contribution in [0.15, 0.2) is 0 Å². The molecule has 0 aromatic carbocycles. The SMILES string of the molecule is [2H]C([2H])(O)CN1CCOCC1. The van der Waals surface area contributed by atoms with Crippen LogP contribution < -0.4 is 0 Å². The molecule has 3 heteroatoms. The molecule has 3 nitrogen and oxygen atoms in total. The van der Waals surface area contributed by atoms with Gasteiger partial charge in [-0.3, -0.25) is 4.90 Å². The summed E-state index contributed by atoms with van der Waals surface area (Å²) < 4.78 is 18.9. The van der Waals surface area contributed by atoms with Gasteiger partial charge in [0.1, 0.15) is 0 Å². The zero-order valence-corrected chi connectivity index (χ0v) is 5.34. The van der Waals surface area contributed by atoms with Crippen molar-refractivity contribution in [3.63, 3.8) is 0 Å². The van der Waals surface area contributed by atoms with E-state index in [1.54, 1.807) is 0 Å². The van der Waals surface area contributed by atoms with Gasteiger partial charge >= 0.3 is 0 Å². The van der Waals surface area contributed by atoms with Crippen molar-refractivity contribution >= 4 is 0 Å². The number of nitrogens with zero attached hydrogens (tertiary/aromatic N) is 1. The molecule has 0 bridgehead atoms. The fourth-order valence-electron chi connectivity index (χ4n) is 0.859. The first-order valence-electron chi connectivity index (χ1n) is 4.10. The van der Waals surface area contributed by atoms with Crippen molar-refractivity contribution < 1.29 is 12.6 Å². The summed E-state index contributed by atoms with van der Waals surface area (Å²) in [5.74, 6) is 0. The topological polar surface area (TPSA) is 32.7 Å². The number of rotatable bonds is 2. The molecule has 0 aromatic heterocycles. The molecule has 0 amide bonds. The lowest BCUT2D eigenvalue weighted by Gasteiger charge is -2.25. The average Bonchev–Trinajstić information content (AvgIpc) is 1.85. The van der Waals surface area contributed by atoms with Crippen molar-refractivity contribution in [2.75, 3.05) is 39.4 Å². The van der Waals surface area contributed by atoms with Crippen LogP contribution in [0.4, 0.5) is 0 Å². The summed E-state index contributed by atoms with van der Waals surface area (Å²) in [6, 6.07) is 0. The Labute approximate surface area is 58.0 Å². The van der Waals surface area contributed by atoms with Crippen molar-refractivity contribution in [3.05, 3.63) is 0 Å². The van der Waals surface area contributed by atoms with E-state index in [9.17, 15) is 0 Å². The van der Waals surface area contributed by atoms with Crippen LogP contribution >= 0.6 is 0 Å². The predicted octanol–water partition coefficient (Wildman–Crippen LogP) is -0.689. The second-order valence-electron chi connectivity index (χ2n) is 2.05. The van der Waals surface area contributed by atoms with Gasteiger partial charge in [0.25, 0.3) is 0 Å². The standard InChI is InChI=1S/C6H13NO2/c8-4-1-7-2-5-9-6-3-7/h8H,1-6H2/i4D2. The monoisotopic (exact) mass is 133 g/mol. The second kappa shape index (κ2) is 3.82. The van der Waals surface area contributed by atoms with Crippen LogP contribution in [0.2, 0.25) is 0 Å². The van der Waals surface area contributed by atoms with Gasteiger partial charge in [-0.2, -0.15) is 0 Å². The largest absolute Gasteiger partial charge is 0.395 e. The number of morpholine rings is 1. The van der Waals surface area contributed by atoms with Crippen molar-refractivity contribution in [1.82, 2.24) is 4.90 Å². The number of hydrogen-bond acceptors (Lipinski definition) is 3. The summed E-state index contributed by atoms with van der Waals surface area (Å²) in [6.45, 7) is 0.694. The highest BCUT2D eigenvalue weighted by Crippen LogP contribution is 1.93. The summed E-state index contributed by atoms with van der Waals surface area (Å²) in [7, 11) is 0. The molecule has 0 saturated carbocycles. The summed E-state index contributed by atoms with van der Waals surface area (Å²) in [5.41, 5.74) is 0. The molecule has 1 fully saturated rings. The van der Waals surface area contributed by atoms with E-state index in [0.717, 1.165) is 0 Å². The summed E-state index contributed by atoms with van der Waals surface area (Å²) in [4.78, 5) is 1.85. The third-order valence-corrected chi connectivity index (χ3v) is 1.40. The number of β-amino-alcohol motifs (C(OH)–C–C–N with tert-alkyl or cyclic N) is 1. The van der Waals surface area contributed by atoms with Gasteiger partial charge < -0.3 is 9.84 Å². The van der Waals surface area contributed by atoms with Gasteiger partial charge in [0.2, 0.25) is 0 Å². The van der Waals surface area contributed by atoms with Crippen molar-refractivity contribution in [2.45, 2.75) is 0 Å². The highest BCUT2D eigenvalue weighted by atomic mass is 16.5. The quantitative estimate of drug-likeness (QED) is 0.541. The van der Waals surface area contributed by atoms with E-state index in [1.165, 1.54) is 0 Å². The molecule has 1 rings (SSSR count). The molecular weight excluding hydrogens is 118 g/mol. The smallest absolute Gasteiger partial charge is 0.0594 e. The molecule has 0 spiro atoms. The van der Waals surface area contributed by atoms with Crippen LogP contribution in [-0.4, -0.2) is 49.4 Å². The maximum atomic E-state index is 8.82. The van der Waals surface area contributed by atoms with Gasteiger partial charge in [0.15, 0.2) is 0 Å². The summed E-state index contributed by atoms with van der Waals surface area (Å²) in [6.07, 6.45) is 0. The van der Waals surface area contributed by atoms with E-state index in [-0.39, 0.29) is 6.54 Å². The van der Waals surface area contributed by atoms with Gasteiger partial charge in [-0.05, 0) is 0 Å². The summed E-state index contributed by atoms with van der Waals surface area (Å²) in [5, 5.41) is 8.82. The summed E-state index contributed by atoms with van der Waals surface area (Å²) >= 11 is 0. The van der Waals surface area contributed by atoms with Crippen LogP contribution in [0, 0.1) is 0 Å². The molecule has 0 atom stereocenters. The van der Waals surface area contributed by atoms with Gasteiger partial charge in [0.05, 0.1) is 22.5 Å². The first-order valence-corrected chi connectivity index (χ1v) is 3.10. The second-order valence-corrected chi connectivity index (χ2v) is 2.05. The molecule has 54 valence electrons. The Morgan fingerprint density at radius 3 is 2.78 bits per heavy atom. The van der Waals surface area contributed by atoms with E-state index in [4.69, 9.17) is 12.6 Å². The highest BCUT2D eigenvalue weighted by molar-refractivity contribution is 4.59. The third kappa shape index (κ3) is 2.30. The Morgan fingerprint density at radius 1 is 1.56 bits per heavy atom. The Morgan fingerprint density at radius 2 is 2.22 bits per heavy atom. The fraction of sp³-hybridized carbons (Fsp3) is 1.00. The Hall–Kier alpha value is -0.120. The first-order chi connectivity index (χ1) is 5.08. The van der Waals surface area contributed by atoms with E-state index in [1.807, 2.05) is 4.90 Å². The highest BCUT2D eigenvalue weighted by Gasteiger charge is 2.07. The van der Waals surface area contributed by atoms with E-state index >= 15 is 0 Å². The molecule has 0 radical (unpaired) electrons. The minimum Gasteiger partial charge on any atom is -0.395 e. The molecule has 1 saturated heterocycles. The number of aliphatic hydroxyl groups is 1. The molecule has 0 aliphatic carbocycles. The zero-order valence-electron chi connectivity index (χ0n) is 7.34. The molecular formula is C6H13NO2. The molecule has 9 heavy (non-hydrogen) atoms. The fourth-order valence-corrected chi connectivity index (χ4v) is 0.859. The molecule has 1 aliphatic rings. The van der Waals surface area contributed by atoms with Crippen LogP contribution in [-0.2, 0) is 4.74 Å². The lowest BCUT2D eigenvalue weighted by molar-refractivity contribution is 0.0306. The maximum Gasteiger partial charge on any atom is 0.0594 e. The van der Waals surface area contributed by atoms with Crippen LogP contribution in [0.25, 0.3) is 0 Å². The Bertz CT molecular complexity index is 120. The van der Waals surface area contributed by atoms with Crippen molar-refractivity contribution in [1.29, 1.82) is 0 Å². The lowest BCUT2D eigenvalue weighted by Crippen LogP contribution is -2.37. The molecule has 0 aromatic rings. The normalized spacial score (nSPS) is 27.2. The Balaban J connectivity index is 2.24. The van der Waals surface area contributed by atoms with Gasteiger partial charge in [-0.1, -0.05) is 0 Å². The zero-order chi connectivity index (χ0) is 8.32. The van der Waals surface area contributed by atoms with Gasteiger partial charge in [0, 0.05) is 19.6 Å². The van der Waals surface area contributed by atoms with E-state index in [2.05, 4.69) is 0 Å². The molecule has 1 aliphatic heterocycles. The minimum atomic E-state index is -2.07. The van der Waals surface area contributed by atoms with Crippen LogP contribution in [0.3, 0.4) is 0 Å². The molecule has 1 heterocycles. The number of ether oxygens (including phenoxy) is 1. The Kier molecular flexibility index (Phi) is 1.98. The maximum absolute atomic E-state index is 8.82. The average molecular weight is 133 g/mol. The van der Waals surface area contributed by atoms with Crippen molar-refractivity contribution in [2.24, 2.45) is 0 Å². The van der Waals surface area contributed by atoms with Crippen LogP contribution in [0.1, 0.15) is 2.74 Å². The van der Waals surface area contributed by atoms with Gasteiger partial charge in [-0.25, -0.2) is 0 Å². The molecule has 0 unspecified atom stereocenters. The van der Waals surface area contributed by atoms with Gasteiger partial charge in [-0.15, -0.1) is 0 Å². The predicted molar refractivity (Wildman–Crippen MR) is 34.3 cm³/mol.